The molecule has 2 N–H and O–H groups in total. The van der Waals surface area contributed by atoms with E-state index in [1.807, 2.05) is 7.05 Å². The van der Waals surface area contributed by atoms with Crippen LogP contribution in [0.25, 0.3) is 0 Å². The van der Waals surface area contributed by atoms with E-state index in [-0.39, 0.29) is 0 Å². The molecule has 1 unspecified atom stereocenters. The molecule has 0 aliphatic rings. The van der Waals surface area contributed by atoms with Gasteiger partial charge in [0.2, 0.25) is 0 Å². The molecule has 0 bridgehead atoms. The van der Waals surface area contributed by atoms with E-state index < -0.39 is 0 Å². The molecule has 1 atom stereocenters. The van der Waals surface area contributed by atoms with Gasteiger partial charge in [-0.2, -0.15) is 0 Å². The van der Waals surface area contributed by atoms with E-state index in [4.69, 9.17) is 0 Å². The second-order valence-corrected chi connectivity index (χ2v) is 5.77. The molecule has 0 saturated heterocycles. The van der Waals surface area contributed by atoms with E-state index in [2.05, 4.69) is 48.2 Å². The number of rotatable bonds is 12. The van der Waals surface area contributed by atoms with Gasteiger partial charge in [0.05, 0.1) is 0 Å². The third kappa shape index (κ3) is 11.6. The number of guanidine groups is 1. The lowest BCUT2D eigenvalue weighted by atomic mass is 10.2. The molecule has 0 aliphatic heterocycles. The summed E-state index contributed by atoms with van der Waals surface area (Å²) >= 11 is 0. The van der Waals surface area contributed by atoms with E-state index in [0.717, 1.165) is 25.6 Å². The lowest BCUT2D eigenvalue weighted by Crippen LogP contribution is -2.42. The van der Waals surface area contributed by atoms with Gasteiger partial charge in [0.15, 0.2) is 5.96 Å². The van der Waals surface area contributed by atoms with Crippen molar-refractivity contribution >= 4 is 5.96 Å². The Balaban J connectivity index is 3.76. The Bertz CT molecular complexity index is 249. The first-order valence-corrected chi connectivity index (χ1v) is 8.87. The molecule has 0 heterocycles. The van der Waals surface area contributed by atoms with Gasteiger partial charge in [-0.3, -0.25) is 4.99 Å². The minimum absolute atomic E-state index is 0.474. The van der Waals surface area contributed by atoms with Crippen molar-refractivity contribution < 1.29 is 0 Å². The van der Waals surface area contributed by atoms with Crippen molar-refractivity contribution in [3.8, 4) is 0 Å². The fraction of sp³-hybridized carbons (Fsp3) is 0.941. The molecule has 0 aliphatic carbocycles. The first kappa shape index (κ1) is 20.2. The van der Waals surface area contributed by atoms with Gasteiger partial charge in [-0.25, -0.2) is 0 Å². The van der Waals surface area contributed by atoms with Gasteiger partial charge >= 0.3 is 0 Å². The average molecular weight is 299 g/mol. The second kappa shape index (κ2) is 14.2. The van der Waals surface area contributed by atoms with Gasteiger partial charge < -0.3 is 15.5 Å². The molecule has 0 spiro atoms. The molecule has 0 amide bonds. The third-order valence-corrected chi connectivity index (χ3v) is 3.94. The topological polar surface area (TPSA) is 39.7 Å². The van der Waals surface area contributed by atoms with Crippen molar-refractivity contribution in [2.75, 3.05) is 33.2 Å². The normalized spacial score (nSPS) is 13.5. The molecule has 0 fully saturated rings. The van der Waals surface area contributed by atoms with Gasteiger partial charge in [-0.1, -0.05) is 40.0 Å². The van der Waals surface area contributed by atoms with Crippen LogP contribution >= 0.6 is 0 Å². The number of nitrogens with zero attached hydrogens (tertiary/aromatic N) is 2. The molecular formula is C17H38N4. The van der Waals surface area contributed by atoms with Crippen LogP contribution in [-0.4, -0.2) is 50.1 Å². The molecule has 0 aromatic rings. The van der Waals surface area contributed by atoms with Gasteiger partial charge in [0, 0.05) is 19.6 Å². The molecule has 0 aromatic heterocycles. The zero-order chi connectivity index (χ0) is 15.9. The molecule has 21 heavy (non-hydrogen) atoms. The lowest BCUT2D eigenvalue weighted by Gasteiger charge is -2.21. The van der Waals surface area contributed by atoms with Crippen LogP contribution in [0, 0.1) is 0 Å². The van der Waals surface area contributed by atoms with Crippen molar-refractivity contribution in [2.24, 2.45) is 4.99 Å². The van der Waals surface area contributed by atoms with E-state index >= 15 is 0 Å². The summed E-state index contributed by atoms with van der Waals surface area (Å²) in [5.41, 5.74) is 0. The minimum atomic E-state index is 0.474. The van der Waals surface area contributed by atoms with Crippen molar-refractivity contribution in [1.29, 1.82) is 0 Å². The number of hydrogen-bond donors (Lipinski definition) is 2. The Hall–Kier alpha value is -0.770. The summed E-state index contributed by atoms with van der Waals surface area (Å²) in [6.45, 7) is 13.5. The molecule has 0 saturated carbocycles. The monoisotopic (exact) mass is 298 g/mol. The van der Waals surface area contributed by atoms with Gasteiger partial charge in [-0.05, 0) is 45.8 Å². The van der Waals surface area contributed by atoms with Crippen molar-refractivity contribution in [3.63, 3.8) is 0 Å². The molecule has 0 radical (unpaired) electrons. The van der Waals surface area contributed by atoms with Crippen molar-refractivity contribution in [1.82, 2.24) is 15.5 Å². The predicted molar refractivity (Wildman–Crippen MR) is 95.1 cm³/mol. The fourth-order valence-corrected chi connectivity index (χ4v) is 2.42. The summed E-state index contributed by atoms with van der Waals surface area (Å²) in [4.78, 5) is 6.79. The summed E-state index contributed by atoms with van der Waals surface area (Å²) in [5.74, 6) is 0.946. The predicted octanol–water partition coefficient (Wildman–Crippen LogP) is 3.24. The SMILES string of the molecule is CCCCCCNC(=NC)NC(C)CCCN(CC)CC. The first-order chi connectivity index (χ1) is 10.2. The van der Waals surface area contributed by atoms with E-state index in [1.165, 1.54) is 45.1 Å². The lowest BCUT2D eigenvalue weighted by molar-refractivity contribution is 0.292. The first-order valence-electron chi connectivity index (χ1n) is 8.87. The summed E-state index contributed by atoms with van der Waals surface area (Å²) in [5, 5.41) is 6.90. The summed E-state index contributed by atoms with van der Waals surface area (Å²) in [7, 11) is 1.85. The molecule has 0 aromatic carbocycles. The molecular weight excluding hydrogens is 260 g/mol. The highest BCUT2D eigenvalue weighted by molar-refractivity contribution is 5.79. The quantitative estimate of drug-likeness (QED) is 0.330. The number of aliphatic imine (C=N–C) groups is 1. The standard InChI is InChI=1S/C17H38N4/c1-6-9-10-11-14-19-17(18-5)20-16(4)13-12-15-21(7-2)8-3/h16H,6-15H2,1-5H3,(H2,18,19,20). The summed E-state index contributed by atoms with van der Waals surface area (Å²) in [6.07, 6.45) is 7.58. The second-order valence-electron chi connectivity index (χ2n) is 5.77. The van der Waals surface area contributed by atoms with E-state index in [9.17, 15) is 0 Å². The fourth-order valence-electron chi connectivity index (χ4n) is 2.42. The Morgan fingerprint density at radius 1 is 1.05 bits per heavy atom. The highest BCUT2D eigenvalue weighted by atomic mass is 15.2. The van der Waals surface area contributed by atoms with Crippen molar-refractivity contribution in [2.45, 2.75) is 72.3 Å². The van der Waals surface area contributed by atoms with Gasteiger partial charge in [-0.15, -0.1) is 0 Å². The van der Waals surface area contributed by atoms with Crippen LogP contribution in [0.5, 0.6) is 0 Å². The van der Waals surface area contributed by atoms with Gasteiger partial charge in [0.25, 0.3) is 0 Å². The Morgan fingerprint density at radius 2 is 1.76 bits per heavy atom. The number of unbranched alkanes of at least 4 members (excludes halogenated alkanes) is 3. The average Bonchev–Trinajstić information content (AvgIpc) is 2.50. The Morgan fingerprint density at radius 3 is 2.33 bits per heavy atom. The van der Waals surface area contributed by atoms with Crippen LogP contribution in [0.4, 0.5) is 0 Å². The smallest absolute Gasteiger partial charge is 0.191 e. The largest absolute Gasteiger partial charge is 0.356 e. The zero-order valence-electron chi connectivity index (χ0n) is 15.0. The maximum atomic E-state index is 4.31. The minimum Gasteiger partial charge on any atom is -0.356 e. The number of nitrogens with one attached hydrogen (secondary N) is 2. The highest BCUT2D eigenvalue weighted by Gasteiger charge is 2.06. The van der Waals surface area contributed by atoms with Crippen LogP contribution < -0.4 is 10.6 Å². The highest BCUT2D eigenvalue weighted by Crippen LogP contribution is 2.00. The maximum absolute atomic E-state index is 4.31. The van der Waals surface area contributed by atoms with E-state index in [1.54, 1.807) is 0 Å². The summed E-state index contributed by atoms with van der Waals surface area (Å²) in [6, 6.07) is 0.474. The Kier molecular flexibility index (Phi) is 13.7. The molecule has 4 heteroatoms. The van der Waals surface area contributed by atoms with Crippen LogP contribution in [0.2, 0.25) is 0 Å². The number of hydrogen-bond acceptors (Lipinski definition) is 2. The van der Waals surface area contributed by atoms with Crippen LogP contribution in [0.1, 0.15) is 66.2 Å². The summed E-state index contributed by atoms with van der Waals surface area (Å²) < 4.78 is 0. The van der Waals surface area contributed by atoms with Crippen LogP contribution in [0.3, 0.4) is 0 Å². The van der Waals surface area contributed by atoms with E-state index in [0.29, 0.717) is 6.04 Å². The zero-order valence-corrected chi connectivity index (χ0v) is 15.0. The molecule has 4 nitrogen and oxygen atoms in total. The Labute approximate surface area is 132 Å². The van der Waals surface area contributed by atoms with Gasteiger partial charge in [0.1, 0.15) is 0 Å². The third-order valence-electron chi connectivity index (χ3n) is 3.94. The van der Waals surface area contributed by atoms with Crippen molar-refractivity contribution in [3.05, 3.63) is 0 Å². The molecule has 0 rings (SSSR count). The van der Waals surface area contributed by atoms with Crippen LogP contribution in [0.15, 0.2) is 4.99 Å². The molecule has 126 valence electrons. The van der Waals surface area contributed by atoms with Crippen LogP contribution in [-0.2, 0) is 0 Å². The maximum Gasteiger partial charge on any atom is 0.191 e.